The van der Waals surface area contributed by atoms with E-state index in [1.54, 1.807) is 6.92 Å². The van der Waals surface area contributed by atoms with E-state index in [1.807, 2.05) is 37.3 Å². The molecular weight excluding hydrogens is 294 g/mol. The zero-order valence-electron chi connectivity index (χ0n) is 12.7. The van der Waals surface area contributed by atoms with Crippen LogP contribution in [0.25, 0.3) is 11.1 Å². The quantitative estimate of drug-likeness (QED) is 0.727. The van der Waals surface area contributed by atoms with Gasteiger partial charge in [0.05, 0.1) is 0 Å². The Bertz CT molecular complexity index is 924. The highest BCUT2D eigenvalue weighted by atomic mass is 16.4. The summed E-state index contributed by atoms with van der Waals surface area (Å²) in [7, 11) is 0. The Hall–Kier alpha value is -3.15. The minimum atomic E-state index is -0.639. The molecule has 0 amide bonds. The SMILES string of the molecule is Cc1cc(O)c(C=Nc2n[nH]c(C)c2-c2ccccc2)c(=O)o1. The second-order valence-electron chi connectivity index (χ2n) is 5.11. The monoisotopic (exact) mass is 309 g/mol. The number of hydrogen-bond acceptors (Lipinski definition) is 5. The smallest absolute Gasteiger partial charge is 0.348 e. The lowest BCUT2D eigenvalue weighted by atomic mass is 10.1. The average Bonchev–Trinajstić information content (AvgIpc) is 2.88. The number of aromatic hydroxyl groups is 1. The van der Waals surface area contributed by atoms with Gasteiger partial charge < -0.3 is 9.52 Å². The van der Waals surface area contributed by atoms with E-state index in [2.05, 4.69) is 15.2 Å². The van der Waals surface area contributed by atoms with Crippen molar-refractivity contribution < 1.29 is 9.52 Å². The van der Waals surface area contributed by atoms with Gasteiger partial charge in [0.1, 0.15) is 17.1 Å². The largest absolute Gasteiger partial charge is 0.507 e. The van der Waals surface area contributed by atoms with E-state index in [0.717, 1.165) is 16.8 Å². The Labute approximate surface area is 132 Å². The van der Waals surface area contributed by atoms with Crippen LogP contribution >= 0.6 is 0 Å². The number of nitrogens with zero attached hydrogens (tertiary/aromatic N) is 2. The van der Waals surface area contributed by atoms with Gasteiger partial charge in [0.2, 0.25) is 0 Å². The van der Waals surface area contributed by atoms with Gasteiger partial charge in [0.25, 0.3) is 0 Å². The van der Waals surface area contributed by atoms with Gasteiger partial charge in [-0.25, -0.2) is 9.79 Å². The third kappa shape index (κ3) is 2.91. The van der Waals surface area contributed by atoms with Crippen LogP contribution in [0, 0.1) is 13.8 Å². The van der Waals surface area contributed by atoms with E-state index in [9.17, 15) is 9.90 Å². The first-order valence-corrected chi connectivity index (χ1v) is 7.04. The van der Waals surface area contributed by atoms with Gasteiger partial charge in [-0.2, -0.15) is 5.10 Å². The van der Waals surface area contributed by atoms with E-state index in [-0.39, 0.29) is 11.3 Å². The Morgan fingerprint density at radius 1 is 1.26 bits per heavy atom. The van der Waals surface area contributed by atoms with Crippen LogP contribution in [-0.4, -0.2) is 21.5 Å². The highest BCUT2D eigenvalue weighted by Crippen LogP contribution is 2.31. The van der Waals surface area contributed by atoms with Gasteiger partial charge in [-0.05, 0) is 19.4 Å². The van der Waals surface area contributed by atoms with E-state index in [0.29, 0.717) is 11.6 Å². The third-order valence-electron chi connectivity index (χ3n) is 3.40. The van der Waals surface area contributed by atoms with Gasteiger partial charge in [-0.3, -0.25) is 5.10 Å². The van der Waals surface area contributed by atoms with Crippen molar-refractivity contribution in [1.29, 1.82) is 0 Å². The number of H-pyrrole nitrogens is 1. The Kier molecular flexibility index (Phi) is 3.80. The molecular formula is C17H15N3O3. The first-order valence-electron chi connectivity index (χ1n) is 7.04. The van der Waals surface area contributed by atoms with Crippen molar-refractivity contribution >= 4 is 12.0 Å². The summed E-state index contributed by atoms with van der Waals surface area (Å²) in [4.78, 5) is 16.0. The van der Waals surface area contributed by atoms with Gasteiger partial charge >= 0.3 is 5.63 Å². The predicted molar refractivity (Wildman–Crippen MR) is 87.4 cm³/mol. The number of hydrogen-bond donors (Lipinski definition) is 2. The van der Waals surface area contributed by atoms with Crippen LogP contribution in [0.15, 0.2) is 50.6 Å². The molecule has 3 rings (SSSR count). The van der Waals surface area contributed by atoms with Crippen molar-refractivity contribution in [2.75, 3.05) is 0 Å². The van der Waals surface area contributed by atoms with E-state index in [4.69, 9.17) is 4.42 Å². The second kappa shape index (κ2) is 5.92. The molecule has 0 saturated carbocycles. The van der Waals surface area contributed by atoms with E-state index in [1.165, 1.54) is 12.3 Å². The first-order chi connectivity index (χ1) is 11.1. The lowest BCUT2D eigenvalue weighted by Crippen LogP contribution is -2.07. The molecule has 6 nitrogen and oxygen atoms in total. The van der Waals surface area contributed by atoms with Crippen LogP contribution in [0.2, 0.25) is 0 Å². The second-order valence-corrected chi connectivity index (χ2v) is 5.11. The fraction of sp³-hybridized carbons (Fsp3) is 0.118. The average molecular weight is 309 g/mol. The van der Waals surface area contributed by atoms with Crippen molar-refractivity contribution in [2.45, 2.75) is 13.8 Å². The summed E-state index contributed by atoms with van der Waals surface area (Å²) in [5.74, 6) is 0.606. The number of benzene rings is 1. The topological polar surface area (TPSA) is 91.5 Å². The summed E-state index contributed by atoms with van der Waals surface area (Å²) >= 11 is 0. The molecule has 0 aliphatic rings. The zero-order chi connectivity index (χ0) is 16.4. The zero-order valence-corrected chi connectivity index (χ0v) is 12.7. The molecule has 0 saturated heterocycles. The predicted octanol–water partition coefficient (Wildman–Crippen LogP) is 3.10. The van der Waals surface area contributed by atoms with Crippen molar-refractivity contribution in [3.8, 4) is 16.9 Å². The van der Waals surface area contributed by atoms with Crippen LogP contribution in [0.3, 0.4) is 0 Å². The Balaban J connectivity index is 2.04. The molecule has 0 atom stereocenters. The fourth-order valence-electron chi connectivity index (χ4n) is 2.31. The van der Waals surface area contributed by atoms with Crippen molar-refractivity contribution in [3.05, 3.63) is 63.8 Å². The molecule has 1 aromatic carbocycles. The molecule has 23 heavy (non-hydrogen) atoms. The lowest BCUT2D eigenvalue weighted by Gasteiger charge is -2.01. The molecule has 0 radical (unpaired) electrons. The molecule has 2 aromatic heterocycles. The summed E-state index contributed by atoms with van der Waals surface area (Å²) in [6.45, 7) is 3.48. The van der Waals surface area contributed by atoms with Crippen molar-refractivity contribution in [1.82, 2.24) is 10.2 Å². The minimum absolute atomic E-state index is 0.00438. The number of nitrogens with one attached hydrogen (secondary N) is 1. The highest BCUT2D eigenvalue weighted by molar-refractivity contribution is 5.87. The molecule has 0 aliphatic carbocycles. The molecule has 2 heterocycles. The van der Waals surface area contributed by atoms with Crippen LogP contribution in [0.5, 0.6) is 5.75 Å². The summed E-state index contributed by atoms with van der Waals surface area (Å²) in [6, 6.07) is 11.1. The fourth-order valence-corrected chi connectivity index (χ4v) is 2.31. The maximum Gasteiger partial charge on any atom is 0.348 e. The van der Waals surface area contributed by atoms with Crippen molar-refractivity contribution in [3.63, 3.8) is 0 Å². The Morgan fingerprint density at radius 2 is 2.00 bits per heavy atom. The van der Waals surface area contributed by atoms with E-state index >= 15 is 0 Å². The molecule has 2 N–H and O–H groups in total. The third-order valence-corrected chi connectivity index (χ3v) is 3.40. The van der Waals surface area contributed by atoms with Gasteiger partial charge in [0.15, 0.2) is 5.82 Å². The summed E-state index contributed by atoms with van der Waals surface area (Å²) < 4.78 is 4.96. The van der Waals surface area contributed by atoms with Crippen molar-refractivity contribution in [2.24, 2.45) is 4.99 Å². The van der Waals surface area contributed by atoms with Gasteiger partial charge in [-0.1, -0.05) is 30.3 Å². The maximum atomic E-state index is 11.8. The molecule has 0 spiro atoms. The number of aromatic nitrogens is 2. The number of aromatic amines is 1. The van der Waals surface area contributed by atoms with Gasteiger partial charge in [0, 0.05) is 23.5 Å². The summed E-state index contributed by atoms with van der Waals surface area (Å²) in [5, 5.41) is 16.9. The minimum Gasteiger partial charge on any atom is -0.507 e. The standard InChI is InChI=1S/C17H15N3O3/c1-10-8-14(21)13(17(22)23-10)9-18-16-15(11(2)19-20-16)12-6-4-3-5-7-12/h3-9,21H,1-2H3,(H,19,20). The summed E-state index contributed by atoms with van der Waals surface area (Å²) in [5.41, 5.74) is 2.03. The number of rotatable bonds is 3. The first kappa shape index (κ1) is 14.8. The lowest BCUT2D eigenvalue weighted by molar-refractivity contribution is 0.433. The molecule has 116 valence electrons. The molecule has 0 fully saturated rings. The highest BCUT2D eigenvalue weighted by Gasteiger charge is 2.12. The normalized spacial score (nSPS) is 11.2. The number of aliphatic imine (C=N–C) groups is 1. The van der Waals surface area contributed by atoms with Crippen LogP contribution in [0.4, 0.5) is 5.82 Å². The molecule has 0 bridgehead atoms. The molecule has 6 heteroatoms. The van der Waals surface area contributed by atoms with Crippen LogP contribution < -0.4 is 5.63 Å². The molecule has 0 unspecified atom stereocenters. The molecule has 0 aliphatic heterocycles. The number of aryl methyl sites for hydroxylation is 2. The van der Waals surface area contributed by atoms with Crippen LogP contribution in [0.1, 0.15) is 17.0 Å². The summed E-state index contributed by atoms with van der Waals surface area (Å²) in [6.07, 6.45) is 1.27. The molecule has 3 aromatic rings. The van der Waals surface area contributed by atoms with Crippen LogP contribution in [-0.2, 0) is 0 Å². The maximum absolute atomic E-state index is 11.8. The van der Waals surface area contributed by atoms with E-state index < -0.39 is 5.63 Å². The van der Waals surface area contributed by atoms with Gasteiger partial charge in [-0.15, -0.1) is 0 Å². The Morgan fingerprint density at radius 3 is 2.70 bits per heavy atom.